The molecule has 1 aliphatic rings. The standard InChI is InChI=1S/C7H8ClNO2S2/c1-4-3-9-13(10,11)7-5(4)2-6(8)12-7/h2,4,9H,3H2,1H3/t4-/m1/s1. The average Bonchev–Trinajstić information content (AvgIpc) is 2.42. The fourth-order valence-corrected chi connectivity index (χ4v) is 4.60. The molecular weight excluding hydrogens is 230 g/mol. The van der Waals surface area contributed by atoms with E-state index in [-0.39, 0.29) is 5.92 Å². The van der Waals surface area contributed by atoms with Gasteiger partial charge in [-0.3, -0.25) is 0 Å². The normalized spacial score (nSPS) is 25.5. The van der Waals surface area contributed by atoms with Crippen molar-refractivity contribution in [2.24, 2.45) is 0 Å². The highest BCUT2D eigenvalue weighted by molar-refractivity contribution is 7.91. The zero-order valence-corrected chi connectivity index (χ0v) is 9.26. The zero-order valence-electron chi connectivity index (χ0n) is 6.87. The summed E-state index contributed by atoms with van der Waals surface area (Å²) in [6, 6.07) is 1.74. The van der Waals surface area contributed by atoms with Crippen LogP contribution in [-0.4, -0.2) is 15.0 Å². The van der Waals surface area contributed by atoms with Gasteiger partial charge < -0.3 is 0 Å². The molecular formula is C7H8ClNO2S2. The molecule has 0 spiro atoms. The molecule has 0 unspecified atom stereocenters. The lowest BCUT2D eigenvalue weighted by Gasteiger charge is -2.19. The summed E-state index contributed by atoms with van der Waals surface area (Å²) < 4.78 is 26.3. The van der Waals surface area contributed by atoms with Crippen molar-refractivity contribution >= 4 is 33.0 Å². The number of rotatable bonds is 0. The van der Waals surface area contributed by atoms with Crippen LogP contribution in [0, 0.1) is 0 Å². The van der Waals surface area contributed by atoms with Gasteiger partial charge in [-0.1, -0.05) is 18.5 Å². The summed E-state index contributed by atoms with van der Waals surface area (Å²) in [5.41, 5.74) is 0.841. The Morgan fingerprint density at radius 1 is 1.69 bits per heavy atom. The summed E-state index contributed by atoms with van der Waals surface area (Å²) in [6.45, 7) is 2.44. The second kappa shape index (κ2) is 2.95. The first-order valence-corrected chi connectivity index (χ1v) is 6.47. The van der Waals surface area contributed by atoms with Crippen LogP contribution in [0.15, 0.2) is 10.3 Å². The van der Waals surface area contributed by atoms with Crippen LogP contribution in [0.25, 0.3) is 0 Å². The number of hydrogen-bond acceptors (Lipinski definition) is 3. The predicted molar refractivity (Wildman–Crippen MR) is 52.9 cm³/mol. The van der Waals surface area contributed by atoms with Crippen molar-refractivity contribution in [1.29, 1.82) is 0 Å². The number of halogens is 1. The molecule has 1 N–H and O–H groups in total. The summed E-state index contributed by atoms with van der Waals surface area (Å²) in [6.07, 6.45) is 0. The molecule has 2 heterocycles. The molecule has 1 aromatic rings. The molecule has 0 aliphatic carbocycles. The van der Waals surface area contributed by atoms with E-state index >= 15 is 0 Å². The van der Waals surface area contributed by atoms with Gasteiger partial charge in [0.15, 0.2) is 0 Å². The third kappa shape index (κ3) is 1.50. The van der Waals surface area contributed by atoms with Gasteiger partial charge in [-0.2, -0.15) is 0 Å². The highest BCUT2D eigenvalue weighted by Gasteiger charge is 2.29. The Morgan fingerprint density at radius 2 is 2.38 bits per heavy atom. The minimum atomic E-state index is -3.27. The Kier molecular flexibility index (Phi) is 2.14. The molecule has 0 bridgehead atoms. The number of nitrogens with one attached hydrogen (secondary N) is 1. The maximum Gasteiger partial charge on any atom is 0.250 e. The Labute approximate surface area is 85.8 Å². The SMILES string of the molecule is C[C@@H]1CNS(=O)(=O)c2sc(Cl)cc21. The Hall–Kier alpha value is -0.100. The summed E-state index contributed by atoms with van der Waals surface area (Å²) in [4.78, 5) is 0. The Morgan fingerprint density at radius 3 is 3.00 bits per heavy atom. The van der Waals surface area contributed by atoms with E-state index in [9.17, 15) is 8.42 Å². The van der Waals surface area contributed by atoms with E-state index in [1.165, 1.54) is 0 Å². The molecule has 3 nitrogen and oxygen atoms in total. The average molecular weight is 238 g/mol. The van der Waals surface area contributed by atoms with Crippen molar-refractivity contribution in [3.63, 3.8) is 0 Å². The van der Waals surface area contributed by atoms with Crippen molar-refractivity contribution in [3.8, 4) is 0 Å². The largest absolute Gasteiger partial charge is 0.250 e. The zero-order chi connectivity index (χ0) is 9.64. The molecule has 13 heavy (non-hydrogen) atoms. The van der Waals surface area contributed by atoms with Crippen LogP contribution in [0.5, 0.6) is 0 Å². The summed E-state index contributed by atoms with van der Waals surface area (Å²) in [5.74, 6) is 0.210. The minimum absolute atomic E-state index is 0.210. The van der Waals surface area contributed by atoms with Gasteiger partial charge in [-0.25, -0.2) is 13.1 Å². The van der Waals surface area contributed by atoms with E-state index in [1.807, 2.05) is 6.92 Å². The first kappa shape index (κ1) is 9.45. The molecule has 0 aromatic carbocycles. The molecule has 1 atom stereocenters. The van der Waals surface area contributed by atoms with Gasteiger partial charge in [0.2, 0.25) is 10.0 Å². The van der Waals surface area contributed by atoms with Gasteiger partial charge in [0.05, 0.1) is 4.34 Å². The second-order valence-electron chi connectivity index (χ2n) is 3.05. The second-order valence-corrected chi connectivity index (χ2v) is 6.69. The van der Waals surface area contributed by atoms with Crippen molar-refractivity contribution in [2.45, 2.75) is 17.1 Å². The van der Waals surface area contributed by atoms with Gasteiger partial charge in [0.1, 0.15) is 4.21 Å². The van der Waals surface area contributed by atoms with E-state index in [1.54, 1.807) is 6.07 Å². The first-order chi connectivity index (χ1) is 6.00. The van der Waals surface area contributed by atoms with Crippen molar-refractivity contribution in [1.82, 2.24) is 4.72 Å². The first-order valence-electron chi connectivity index (χ1n) is 3.79. The number of sulfonamides is 1. The van der Waals surface area contributed by atoms with Gasteiger partial charge in [-0.15, -0.1) is 11.3 Å². The summed E-state index contributed by atoms with van der Waals surface area (Å²) in [5, 5.41) is 0. The lowest BCUT2D eigenvalue weighted by molar-refractivity contribution is 0.564. The minimum Gasteiger partial charge on any atom is -0.210 e. The summed E-state index contributed by atoms with van der Waals surface area (Å²) in [7, 11) is -3.27. The Balaban J connectivity index is 2.68. The highest BCUT2D eigenvalue weighted by atomic mass is 35.5. The monoisotopic (exact) mass is 237 g/mol. The van der Waals surface area contributed by atoms with Gasteiger partial charge >= 0.3 is 0 Å². The number of thiophene rings is 1. The van der Waals surface area contributed by atoms with Crippen LogP contribution in [0.1, 0.15) is 18.4 Å². The molecule has 1 aliphatic heterocycles. The van der Waals surface area contributed by atoms with Gasteiger partial charge in [0.25, 0.3) is 0 Å². The van der Waals surface area contributed by atoms with Crippen LogP contribution < -0.4 is 4.72 Å². The molecule has 72 valence electrons. The van der Waals surface area contributed by atoms with Crippen LogP contribution in [0.3, 0.4) is 0 Å². The fourth-order valence-electron chi connectivity index (χ4n) is 1.32. The molecule has 2 rings (SSSR count). The molecule has 0 radical (unpaired) electrons. The summed E-state index contributed by atoms with van der Waals surface area (Å²) >= 11 is 6.89. The van der Waals surface area contributed by atoms with E-state index in [2.05, 4.69) is 4.72 Å². The lowest BCUT2D eigenvalue weighted by Crippen LogP contribution is -2.32. The van der Waals surface area contributed by atoms with Crippen molar-refractivity contribution in [2.75, 3.05) is 6.54 Å². The van der Waals surface area contributed by atoms with Gasteiger partial charge in [-0.05, 0) is 17.5 Å². The van der Waals surface area contributed by atoms with Crippen LogP contribution in [-0.2, 0) is 10.0 Å². The number of fused-ring (bicyclic) bond motifs is 1. The van der Waals surface area contributed by atoms with Crippen LogP contribution >= 0.6 is 22.9 Å². The lowest BCUT2D eigenvalue weighted by atomic mass is 10.1. The number of hydrogen-bond donors (Lipinski definition) is 1. The molecule has 0 saturated carbocycles. The molecule has 0 amide bonds. The molecule has 6 heteroatoms. The van der Waals surface area contributed by atoms with E-state index in [0.717, 1.165) is 16.9 Å². The fraction of sp³-hybridized carbons (Fsp3) is 0.429. The molecule has 0 fully saturated rings. The van der Waals surface area contributed by atoms with Gasteiger partial charge in [0, 0.05) is 6.54 Å². The highest BCUT2D eigenvalue weighted by Crippen LogP contribution is 2.37. The van der Waals surface area contributed by atoms with Crippen molar-refractivity contribution < 1.29 is 8.42 Å². The Bertz CT molecular complexity index is 437. The topological polar surface area (TPSA) is 46.2 Å². The third-order valence-corrected chi connectivity index (χ3v) is 5.30. The van der Waals surface area contributed by atoms with E-state index < -0.39 is 10.0 Å². The third-order valence-electron chi connectivity index (χ3n) is 2.05. The maximum atomic E-state index is 11.5. The van der Waals surface area contributed by atoms with Crippen LogP contribution in [0.2, 0.25) is 4.34 Å². The van der Waals surface area contributed by atoms with E-state index in [0.29, 0.717) is 15.1 Å². The molecule has 0 saturated heterocycles. The van der Waals surface area contributed by atoms with Crippen LogP contribution in [0.4, 0.5) is 0 Å². The predicted octanol–water partition coefficient (Wildman–Crippen LogP) is 1.80. The maximum absolute atomic E-state index is 11.5. The smallest absolute Gasteiger partial charge is 0.210 e. The molecule has 1 aromatic heterocycles. The van der Waals surface area contributed by atoms with E-state index in [4.69, 9.17) is 11.6 Å². The quantitative estimate of drug-likeness (QED) is 0.748. The van der Waals surface area contributed by atoms with Crippen molar-refractivity contribution in [3.05, 3.63) is 16.0 Å².